The van der Waals surface area contributed by atoms with Crippen LogP contribution in [0, 0.1) is 0 Å². The summed E-state index contributed by atoms with van der Waals surface area (Å²) in [4.78, 5) is 11.8. The first-order chi connectivity index (χ1) is 14.3. The Bertz CT molecular complexity index is 1100. The third-order valence-electron chi connectivity index (χ3n) is 4.43. The molecular weight excluding hydrogens is 426 g/mol. The van der Waals surface area contributed by atoms with Gasteiger partial charge in [-0.25, -0.2) is 13.2 Å². The van der Waals surface area contributed by atoms with E-state index in [2.05, 4.69) is 0 Å². The lowest BCUT2D eigenvalue weighted by Gasteiger charge is -2.18. The Labute approximate surface area is 180 Å². The van der Waals surface area contributed by atoms with Crippen molar-refractivity contribution in [3.63, 3.8) is 0 Å². The topological polar surface area (TPSA) is 83.9 Å². The van der Waals surface area contributed by atoms with Gasteiger partial charge in [-0.05, 0) is 42.0 Å². The van der Waals surface area contributed by atoms with Crippen molar-refractivity contribution in [1.82, 2.24) is 4.31 Å². The van der Waals surface area contributed by atoms with Gasteiger partial charge in [0.15, 0.2) is 0 Å². The summed E-state index contributed by atoms with van der Waals surface area (Å²) in [5, 5.41) is 10.00. The van der Waals surface area contributed by atoms with Crippen molar-refractivity contribution in [3.05, 3.63) is 95.0 Å². The van der Waals surface area contributed by atoms with Crippen LogP contribution in [0.5, 0.6) is 5.75 Å². The molecule has 0 radical (unpaired) electrons. The molecule has 0 aliphatic carbocycles. The zero-order chi connectivity index (χ0) is 21.7. The number of carboxylic acids is 1. The van der Waals surface area contributed by atoms with Crippen LogP contribution in [0.15, 0.2) is 83.8 Å². The molecule has 0 aromatic heterocycles. The maximum atomic E-state index is 12.6. The zero-order valence-corrected chi connectivity index (χ0v) is 17.7. The molecule has 1 atom stereocenters. The Morgan fingerprint density at radius 2 is 1.60 bits per heavy atom. The molecule has 0 saturated carbocycles. The second-order valence-electron chi connectivity index (χ2n) is 6.61. The average molecular weight is 446 g/mol. The number of halogens is 1. The molecule has 0 aliphatic heterocycles. The van der Waals surface area contributed by atoms with Gasteiger partial charge in [-0.1, -0.05) is 54.1 Å². The first-order valence-corrected chi connectivity index (χ1v) is 10.8. The summed E-state index contributed by atoms with van der Waals surface area (Å²) in [7, 11) is -2.10. The van der Waals surface area contributed by atoms with E-state index in [-0.39, 0.29) is 11.4 Å². The van der Waals surface area contributed by atoms with Gasteiger partial charge in [0.05, 0.1) is 4.90 Å². The monoisotopic (exact) mass is 445 g/mol. The Hall–Kier alpha value is -2.87. The number of aliphatic carboxylic acids is 1. The van der Waals surface area contributed by atoms with Gasteiger partial charge in [-0.3, -0.25) is 0 Å². The molecule has 0 aliphatic rings. The number of rotatable bonds is 8. The van der Waals surface area contributed by atoms with Crippen LogP contribution in [0.4, 0.5) is 0 Å². The quantitative estimate of drug-likeness (QED) is 0.556. The maximum absolute atomic E-state index is 12.6. The third-order valence-corrected chi connectivity index (χ3v) is 6.50. The summed E-state index contributed by atoms with van der Waals surface area (Å²) in [6, 6.07) is 21.2. The van der Waals surface area contributed by atoms with Gasteiger partial charge in [0, 0.05) is 24.2 Å². The van der Waals surface area contributed by atoms with Crippen LogP contribution in [0.2, 0.25) is 5.02 Å². The molecular formula is C22H20ClNO5S. The van der Waals surface area contributed by atoms with E-state index in [4.69, 9.17) is 16.3 Å². The van der Waals surface area contributed by atoms with Crippen LogP contribution in [-0.4, -0.2) is 30.8 Å². The normalized spacial score (nSPS) is 12.5. The molecule has 6 nitrogen and oxygen atoms in total. The van der Waals surface area contributed by atoms with E-state index in [0.29, 0.717) is 16.3 Å². The number of carbonyl (C=O) groups is 1. The number of carboxylic acid groups (broad SMARTS) is 1. The van der Waals surface area contributed by atoms with Crippen LogP contribution in [0.1, 0.15) is 17.2 Å². The first-order valence-electron chi connectivity index (χ1n) is 9.02. The van der Waals surface area contributed by atoms with Crippen molar-refractivity contribution < 1.29 is 23.1 Å². The molecule has 0 bridgehead atoms. The Balaban J connectivity index is 1.71. The largest absolute Gasteiger partial charge is 0.478 e. The molecule has 0 saturated heterocycles. The summed E-state index contributed by atoms with van der Waals surface area (Å²) in [5.41, 5.74) is 1.20. The van der Waals surface area contributed by atoms with E-state index in [9.17, 15) is 18.3 Å². The van der Waals surface area contributed by atoms with Crippen molar-refractivity contribution >= 4 is 27.6 Å². The highest BCUT2D eigenvalue weighted by atomic mass is 35.5. The Morgan fingerprint density at radius 3 is 2.17 bits per heavy atom. The summed E-state index contributed by atoms with van der Waals surface area (Å²) >= 11 is 5.85. The molecule has 30 heavy (non-hydrogen) atoms. The minimum absolute atomic E-state index is 0.164. The number of ether oxygens (including phenoxy) is 1. The fourth-order valence-corrected chi connectivity index (χ4v) is 4.13. The van der Waals surface area contributed by atoms with Crippen LogP contribution in [-0.2, 0) is 21.4 Å². The number of hydrogen-bond donors (Lipinski definition) is 1. The summed E-state index contributed by atoms with van der Waals surface area (Å²) < 4.78 is 32.1. The Morgan fingerprint density at radius 1 is 1.00 bits per heavy atom. The van der Waals surface area contributed by atoms with Gasteiger partial charge < -0.3 is 9.84 Å². The average Bonchev–Trinajstić information content (AvgIpc) is 2.74. The van der Waals surface area contributed by atoms with Crippen LogP contribution in [0.25, 0.3) is 0 Å². The van der Waals surface area contributed by atoms with E-state index in [0.717, 1.165) is 5.56 Å². The van der Waals surface area contributed by atoms with E-state index < -0.39 is 22.1 Å². The SMILES string of the molecule is CN(Cc1ccc(OC(C(=O)O)c2ccc(Cl)cc2)cc1)S(=O)(=O)c1ccccc1. The van der Waals surface area contributed by atoms with Gasteiger partial charge in [-0.2, -0.15) is 4.31 Å². The standard InChI is InChI=1S/C22H20ClNO5S/c1-24(30(27,28)20-5-3-2-4-6-20)15-16-7-13-19(14-8-16)29-21(22(25)26)17-9-11-18(23)12-10-17/h2-14,21H,15H2,1H3,(H,25,26). The molecule has 3 rings (SSSR count). The van der Waals surface area contributed by atoms with Crippen molar-refractivity contribution in [1.29, 1.82) is 0 Å². The number of nitrogens with zero attached hydrogens (tertiary/aromatic N) is 1. The molecule has 1 N–H and O–H groups in total. The van der Waals surface area contributed by atoms with E-state index in [1.165, 1.54) is 11.4 Å². The fourth-order valence-electron chi connectivity index (χ4n) is 2.82. The van der Waals surface area contributed by atoms with Crippen LogP contribution in [0.3, 0.4) is 0 Å². The molecule has 0 spiro atoms. The zero-order valence-electron chi connectivity index (χ0n) is 16.1. The minimum atomic E-state index is -3.60. The summed E-state index contributed by atoms with van der Waals surface area (Å²) in [5.74, 6) is -0.773. The number of sulfonamides is 1. The first kappa shape index (κ1) is 21.8. The molecule has 3 aromatic rings. The third kappa shape index (κ3) is 5.18. The van der Waals surface area contributed by atoms with Gasteiger partial charge in [-0.15, -0.1) is 0 Å². The Kier molecular flexibility index (Phi) is 6.77. The second-order valence-corrected chi connectivity index (χ2v) is 9.09. The highest BCUT2D eigenvalue weighted by Gasteiger charge is 2.23. The lowest BCUT2D eigenvalue weighted by molar-refractivity contribution is -0.145. The van der Waals surface area contributed by atoms with E-state index >= 15 is 0 Å². The molecule has 0 amide bonds. The highest BCUT2D eigenvalue weighted by molar-refractivity contribution is 7.89. The fraction of sp³-hybridized carbons (Fsp3) is 0.136. The van der Waals surface area contributed by atoms with Crippen molar-refractivity contribution in [2.24, 2.45) is 0 Å². The number of hydrogen-bond acceptors (Lipinski definition) is 4. The van der Waals surface area contributed by atoms with E-state index in [1.807, 2.05) is 0 Å². The molecule has 3 aromatic carbocycles. The number of benzene rings is 3. The maximum Gasteiger partial charge on any atom is 0.349 e. The predicted molar refractivity (Wildman–Crippen MR) is 114 cm³/mol. The highest BCUT2D eigenvalue weighted by Crippen LogP contribution is 2.25. The second kappa shape index (κ2) is 9.30. The van der Waals surface area contributed by atoms with Gasteiger partial charge in [0.1, 0.15) is 5.75 Å². The molecule has 156 valence electrons. The van der Waals surface area contributed by atoms with Crippen LogP contribution < -0.4 is 4.74 Å². The summed E-state index contributed by atoms with van der Waals surface area (Å²) in [6.07, 6.45) is -1.19. The molecule has 0 fully saturated rings. The van der Waals surface area contributed by atoms with Gasteiger partial charge >= 0.3 is 5.97 Å². The molecule has 8 heteroatoms. The van der Waals surface area contributed by atoms with Crippen LogP contribution >= 0.6 is 11.6 Å². The predicted octanol–water partition coefficient (Wildman–Crippen LogP) is 4.37. The van der Waals surface area contributed by atoms with Gasteiger partial charge in [0.2, 0.25) is 16.1 Å². The van der Waals surface area contributed by atoms with Gasteiger partial charge in [0.25, 0.3) is 0 Å². The van der Waals surface area contributed by atoms with E-state index in [1.54, 1.807) is 78.9 Å². The molecule has 0 heterocycles. The lowest BCUT2D eigenvalue weighted by atomic mass is 10.1. The van der Waals surface area contributed by atoms with Crippen molar-refractivity contribution in [2.75, 3.05) is 7.05 Å². The minimum Gasteiger partial charge on any atom is -0.478 e. The molecule has 1 unspecified atom stereocenters. The lowest BCUT2D eigenvalue weighted by Crippen LogP contribution is -2.26. The van der Waals surface area contributed by atoms with Crippen molar-refractivity contribution in [2.45, 2.75) is 17.5 Å². The van der Waals surface area contributed by atoms with Crippen molar-refractivity contribution in [3.8, 4) is 5.75 Å². The summed E-state index contributed by atoms with van der Waals surface area (Å²) in [6.45, 7) is 0.164. The smallest absolute Gasteiger partial charge is 0.349 e.